The van der Waals surface area contributed by atoms with Crippen molar-refractivity contribution in [1.29, 1.82) is 0 Å². The zero-order chi connectivity index (χ0) is 24.0. The van der Waals surface area contributed by atoms with Crippen molar-refractivity contribution in [3.05, 3.63) is 89.7 Å². The van der Waals surface area contributed by atoms with E-state index in [0.717, 1.165) is 11.3 Å². The van der Waals surface area contributed by atoms with Crippen LogP contribution in [-0.2, 0) is 21.4 Å². The second-order valence-electron chi connectivity index (χ2n) is 7.92. The molecule has 0 saturated carbocycles. The van der Waals surface area contributed by atoms with Gasteiger partial charge in [-0.3, -0.25) is 9.78 Å². The average molecular weight is 482 g/mol. The van der Waals surface area contributed by atoms with Crippen molar-refractivity contribution in [3.63, 3.8) is 0 Å². The normalized spacial score (nSPS) is 15.4. The van der Waals surface area contributed by atoms with Crippen LogP contribution >= 0.6 is 0 Å². The van der Waals surface area contributed by atoms with Crippen molar-refractivity contribution in [2.45, 2.75) is 24.5 Å². The molecule has 1 N–H and O–H groups in total. The lowest BCUT2D eigenvalue weighted by molar-refractivity contribution is 0.0730. The number of aromatic nitrogens is 1. The molecule has 9 heteroatoms. The first-order valence-corrected chi connectivity index (χ1v) is 12.5. The van der Waals surface area contributed by atoms with Gasteiger partial charge in [0.25, 0.3) is 5.91 Å². The topological polar surface area (TPSA) is 97.8 Å². The van der Waals surface area contributed by atoms with Crippen molar-refractivity contribution in [2.75, 3.05) is 26.3 Å². The molecule has 1 atom stereocenters. The summed E-state index contributed by atoms with van der Waals surface area (Å²) >= 11 is 0. The molecule has 0 aliphatic carbocycles. The number of benzene rings is 2. The Morgan fingerprint density at radius 3 is 2.56 bits per heavy atom. The number of nitrogens with zero attached hydrogens (tertiary/aromatic N) is 2. The highest BCUT2D eigenvalue weighted by atomic mass is 32.2. The Hall–Kier alpha value is -3.27. The van der Waals surface area contributed by atoms with Crippen LogP contribution in [0.5, 0.6) is 5.75 Å². The molecule has 0 bridgehead atoms. The summed E-state index contributed by atoms with van der Waals surface area (Å²) in [5.41, 5.74) is 2.10. The van der Waals surface area contributed by atoms with Gasteiger partial charge in [-0.25, -0.2) is 8.42 Å². The van der Waals surface area contributed by atoms with Crippen LogP contribution in [0.3, 0.4) is 0 Å². The zero-order valence-electron chi connectivity index (χ0n) is 18.9. The number of rotatable bonds is 8. The number of hydrogen-bond donors (Lipinski definition) is 1. The van der Waals surface area contributed by atoms with Crippen molar-refractivity contribution in [3.8, 4) is 5.75 Å². The highest BCUT2D eigenvalue weighted by Crippen LogP contribution is 2.21. The maximum atomic E-state index is 12.8. The van der Waals surface area contributed by atoms with Crippen LogP contribution in [0, 0.1) is 0 Å². The van der Waals surface area contributed by atoms with E-state index in [4.69, 9.17) is 9.47 Å². The summed E-state index contributed by atoms with van der Waals surface area (Å²) in [7, 11) is -3.60. The number of sulfonamides is 1. The molecule has 0 radical (unpaired) electrons. The number of ether oxygens (including phenoxy) is 2. The molecule has 2 aromatic carbocycles. The fourth-order valence-corrected chi connectivity index (χ4v) is 5.00. The van der Waals surface area contributed by atoms with Crippen LogP contribution in [0.25, 0.3) is 0 Å². The number of nitrogens with one attached hydrogen (secondary N) is 1. The minimum absolute atomic E-state index is 0.164. The first-order valence-electron chi connectivity index (χ1n) is 11.0. The summed E-state index contributed by atoms with van der Waals surface area (Å²) in [4.78, 5) is 17.2. The molecule has 0 spiro atoms. The van der Waals surface area contributed by atoms with E-state index >= 15 is 0 Å². The molecule has 1 aliphatic heterocycles. The van der Waals surface area contributed by atoms with Crippen molar-refractivity contribution in [1.82, 2.24) is 14.6 Å². The van der Waals surface area contributed by atoms with Gasteiger partial charge in [0.2, 0.25) is 10.0 Å². The third kappa shape index (κ3) is 5.80. The molecular weight excluding hydrogens is 454 g/mol. The summed E-state index contributed by atoms with van der Waals surface area (Å²) in [6.45, 7) is 3.65. The van der Waals surface area contributed by atoms with Gasteiger partial charge in [0.1, 0.15) is 12.4 Å². The highest BCUT2D eigenvalue weighted by Gasteiger charge is 2.26. The van der Waals surface area contributed by atoms with Gasteiger partial charge in [-0.2, -0.15) is 4.31 Å². The molecular formula is C25H27N3O5S. The monoisotopic (exact) mass is 481 g/mol. The van der Waals surface area contributed by atoms with Crippen LogP contribution in [-0.4, -0.2) is 49.9 Å². The van der Waals surface area contributed by atoms with E-state index in [1.165, 1.54) is 28.6 Å². The minimum Gasteiger partial charge on any atom is -0.487 e. The lowest BCUT2D eigenvalue weighted by Crippen LogP contribution is -2.40. The van der Waals surface area contributed by atoms with Gasteiger partial charge in [-0.1, -0.05) is 18.2 Å². The molecule has 1 aliphatic rings. The van der Waals surface area contributed by atoms with Gasteiger partial charge in [0, 0.05) is 24.8 Å². The average Bonchev–Trinajstić information content (AvgIpc) is 2.89. The molecule has 34 heavy (non-hydrogen) atoms. The first kappa shape index (κ1) is 23.9. The second kappa shape index (κ2) is 10.8. The van der Waals surface area contributed by atoms with Crippen molar-refractivity contribution >= 4 is 15.9 Å². The van der Waals surface area contributed by atoms with E-state index in [-0.39, 0.29) is 16.8 Å². The van der Waals surface area contributed by atoms with E-state index in [9.17, 15) is 13.2 Å². The lowest BCUT2D eigenvalue weighted by Gasteiger charge is -2.26. The fraction of sp³-hybridized carbons (Fsp3) is 0.280. The van der Waals surface area contributed by atoms with E-state index in [1.807, 2.05) is 49.4 Å². The SMILES string of the molecule is CC(NC(=O)c1ccc(S(=O)(=O)N2CCOCC2)cc1)c1cccc(OCc2ccccn2)c1. The van der Waals surface area contributed by atoms with E-state index in [0.29, 0.717) is 44.2 Å². The Morgan fingerprint density at radius 2 is 1.85 bits per heavy atom. The molecule has 8 nitrogen and oxygen atoms in total. The molecule has 1 unspecified atom stereocenters. The predicted molar refractivity (Wildman–Crippen MR) is 127 cm³/mol. The number of carbonyl (C=O) groups is 1. The summed E-state index contributed by atoms with van der Waals surface area (Å²) in [5.74, 6) is 0.393. The lowest BCUT2D eigenvalue weighted by atomic mass is 10.1. The van der Waals surface area contributed by atoms with Crippen LogP contribution in [0.4, 0.5) is 0 Å². The number of amides is 1. The smallest absolute Gasteiger partial charge is 0.251 e. The fourth-order valence-electron chi connectivity index (χ4n) is 3.59. The number of carbonyl (C=O) groups excluding carboxylic acids is 1. The molecule has 1 amide bonds. The Kier molecular flexibility index (Phi) is 7.56. The zero-order valence-corrected chi connectivity index (χ0v) is 19.7. The Labute approximate surface area is 199 Å². The van der Waals surface area contributed by atoms with Gasteiger partial charge in [-0.15, -0.1) is 0 Å². The standard InChI is InChI=1S/C25H27N3O5S/c1-19(21-5-4-7-23(17-21)33-18-22-6-2-3-12-26-22)27-25(29)20-8-10-24(11-9-20)34(30,31)28-13-15-32-16-14-28/h2-12,17,19H,13-16,18H2,1H3,(H,27,29). The largest absolute Gasteiger partial charge is 0.487 e. The summed E-state index contributed by atoms with van der Waals surface area (Å²) in [6.07, 6.45) is 1.72. The van der Waals surface area contributed by atoms with Crippen LogP contribution in [0.2, 0.25) is 0 Å². The number of hydrogen-bond acceptors (Lipinski definition) is 6. The van der Waals surface area contributed by atoms with Gasteiger partial charge < -0.3 is 14.8 Å². The summed E-state index contributed by atoms with van der Waals surface area (Å²) < 4.78 is 38.0. The van der Waals surface area contributed by atoms with E-state index in [2.05, 4.69) is 10.3 Å². The van der Waals surface area contributed by atoms with Crippen LogP contribution < -0.4 is 10.1 Å². The van der Waals surface area contributed by atoms with Crippen molar-refractivity contribution < 1.29 is 22.7 Å². The van der Waals surface area contributed by atoms with Gasteiger partial charge >= 0.3 is 0 Å². The predicted octanol–water partition coefficient (Wildman–Crippen LogP) is 3.17. The maximum absolute atomic E-state index is 12.8. The van der Waals surface area contributed by atoms with E-state index < -0.39 is 10.0 Å². The Morgan fingerprint density at radius 1 is 1.09 bits per heavy atom. The molecule has 178 valence electrons. The van der Waals surface area contributed by atoms with Gasteiger partial charge in [0.15, 0.2) is 0 Å². The van der Waals surface area contributed by atoms with Gasteiger partial charge in [-0.05, 0) is 61.0 Å². The summed E-state index contributed by atoms with van der Waals surface area (Å²) in [6, 6.07) is 18.9. The summed E-state index contributed by atoms with van der Waals surface area (Å²) in [5, 5.41) is 2.95. The first-order chi connectivity index (χ1) is 16.4. The van der Waals surface area contributed by atoms with Crippen molar-refractivity contribution in [2.24, 2.45) is 0 Å². The van der Waals surface area contributed by atoms with E-state index in [1.54, 1.807) is 6.20 Å². The highest BCUT2D eigenvalue weighted by molar-refractivity contribution is 7.89. The van der Waals surface area contributed by atoms with Crippen LogP contribution in [0.1, 0.15) is 34.6 Å². The Bertz CT molecular complexity index is 1210. The number of morpholine rings is 1. The van der Waals surface area contributed by atoms with Gasteiger partial charge in [0.05, 0.1) is 29.8 Å². The van der Waals surface area contributed by atoms with Crippen LogP contribution in [0.15, 0.2) is 77.8 Å². The quantitative estimate of drug-likeness (QED) is 0.531. The molecule has 2 heterocycles. The second-order valence-corrected chi connectivity index (χ2v) is 9.86. The third-order valence-electron chi connectivity index (χ3n) is 5.54. The third-order valence-corrected chi connectivity index (χ3v) is 7.46. The maximum Gasteiger partial charge on any atom is 0.251 e. The Balaban J connectivity index is 1.37. The molecule has 1 saturated heterocycles. The molecule has 4 rings (SSSR count). The number of pyridine rings is 1. The molecule has 1 fully saturated rings. The molecule has 1 aromatic heterocycles. The minimum atomic E-state index is -3.60. The molecule has 3 aromatic rings.